The largest absolute Gasteiger partial charge is 0.456 e. The number of hydrogen-bond acceptors (Lipinski definition) is 2. The number of furan rings is 2. The van der Waals surface area contributed by atoms with Crippen molar-refractivity contribution in [3.05, 3.63) is 83.9 Å². The van der Waals surface area contributed by atoms with Gasteiger partial charge in [-0.15, -0.1) is 0 Å². The van der Waals surface area contributed by atoms with Gasteiger partial charge in [-0.05, 0) is 66.4 Å². The Bertz CT molecular complexity index is 1530. The van der Waals surface area contributed by atoms with Gasteiger partial charge in [0.15, 0.2) is 0 Å². The van der Waals surface area contributed by atoms with Crippen LogP contribution in [0.4, 0.5) is 0 Å². The second-order valence-corrected chi connectivity index (χ2v) is 7.58. The van der Waals surface area contributed by atoms with Crippen molar-refractivity contribution in [3.8, 4) is 11.1 Å². The molecule has 2 heteroatoms. The fourth-order valence-electron chi connectivity index (χ4n) is 4.18. The van der Waals surface area contributed by atoms with Crippen LogP contribution in [-0.4, -0.2) is 0 Å². The van der Waals surface area contributed by atoms with E-state index in [-0.39, 0.29) is 0 Å². The average Bonchev–Trinajstić information content (AvgIpc) is 3.25. The molecule has 0 saturated carbocycles. The normalized spacial score (nSPS) is 11.9. The van der Waals surface area contributed by atoms with Crippen molar-refractivity contribution in [3.63, 3.8) is 0 Å². The maximum absolute atomic E-state index is 6.14. The predicted octanol–water partition coefficient (Wildman–Crippen LogP) is 7.77. The van der Waals surface area contributed by atoms with Gasteiger partial charge in [-0.2, -0.15) is 0 Å². The Balaban J connectivity index is 1.57. The van der Waals surface area contributed by atoms with Crippen LogP contribution < -0.4 is 0 Å². The lowest BCUT2D eigenvalue weighted by atomic mass is 10.0. The molecule has 4 aromatic carbocycles. The average molecular weight is 362 g/mol. The number of hydrogen-bond donors (Lipinski definition) is 0. The third-order valence-corrected chi connectivity index (χ3v) is 5.66. The molecule has 2 heterocycles. The van der Waals surface area contributed by atoms with Gasteiger partial charge in [-0.25, -0.2) is 0 Å². The van der Waals surface area contributed by atoms with Crippen LogP contribution in [0.5, 0.6) is 0 Å². The third-order valence-electron chi connectivity index (χ3n) is 5.66. The number of para-hydroxylation sites is 1. The lowest BCUT2D eigenvalue weighted by Crippen LogP contribution is -1.78. The summed E-state index contributed by atoms with van der Waals surface area (Å²) in [5.74, 6) is 0. The smallest absolute Gasteiger partial charge is 0.138 e. The SMILES string of the molecule is Cc1ccc2c(c1)oc1cc(-c3ccc4oc5c(C)cccc5c4c3)ccc12. The molecule has 28 heavy (non-hydrogen) atoms. The van der Waals surface area contributed by atoms with Gasteiger partial charge in [0.1, 0.15) is 22.3 Å². The summed E-state index contributed by atoms with van der Waals surface area (Å²) in [4.78, 5) is 0. The van der Waals surface area contributed by atoms with Gasteiger partial charge >= 0.3 is 0 Å². The minimum Gasteiger partial charge on any atom is -0.456 e. The highest BCUT2D eigenvalue weighted by Gasteiger charge is 2.12. The fourth-order valence-corrected chi connectivity index (χ4v) is 4.18. The van der Waals surface area contributed by atoms with E-state index in [0.717, 1.165) is 55.2 Å². The Labute approximate surface area is 162 Å². The number of aryl methyl sites for hydroxylation is 2. The van der Waals surface area contributed by atoms with E-state index in [1.165, 1.54) is 10.9 Å². The zero-order chi connectivity index (χ0) is 18.8. The van der Waals surface area contributed by atoms with Crippen molar-refractivity contribution in [2.75, 3.05) is 0 Å². The van der Waals surface area contributed by atoms with Crippen LogP contribution in [0.2, 0.25) is 0 Å². The zero-order valence-electron chi connectivity index (χ0n) is 15.7. The Morgan fingerprint density at radius 3 is 2.18 bits per heavy atom. The minimum atomic E-state index is 0.922. The van der Waals surface area contributed by atoms with Crippen LogP contribution in [-0.2, 0) is 0 Å². The monoisotopic (exact) mass is 362 g/mol. The van der Waals surface area contributed by atoms with E-state index in [2.05, 4.69) is 86.6 Å². The predicted molar refractivity (Wildman–Crippen MR) is 116 cm³/mol. The Kier molecular flexibility index (Phi) is 3.05. The van der Waals surface area contributed by atoms with Gasteiger partial charge in [-0.3, -0.25) is 0 Å². The van der Waals surface area contributed by atoms with E-state index in [1.807, 2.05) is 0 Å². The second kappa shape index (κ2) is 5.49. The van der Waals surface area contributed by atoms with Gasteiger partial charge in [0, 0.05) is 21.5 Å². The van der Waals surface area contributed by atoms with Crippen molar-refractivity contribution in [1.82, 2.24) is 0 Å². The lowest BCUT2D eigenvalue weighted by molar-refractivity contribution is 0.666. The molecule has 6 rings (SSSR count). The summed E-state index contributed by atoms with van der Waals surface area (Å²) in [6.45, 7) is 4.17. The minimum absolute atomic E-state index is 0.922. The summed E-state index contributed by atoms with van der Waals surface area (Å²) in [6, 6.07) is 25.5. The van der Waals surface area contributed by atoms with Crippen LogP contribution in [0.25, 0.3) is 55.0 Å². The molecule has 0 unspecified atom stereocenters. The van der Waals surface area contributed by atoms with Crippen molar-refractivity contribution in [1.29, 1.82) is 0 Å². The van der Waals surface area contributed by atoms with Gasteiger partial charge in [-0.1, -0.05) is 42.5 Å². The summed E-state index contributed by atoms with van der Waals surface area (Å²) in [7, 11) is 0. The first-order chi connectivity index (χ1) is 13.7. The summed E-state index contributed by atoms with van der Waals surface area (Å²) in [5.41, 5.74) is 8.44. The maximum atomic E-state index is 6.14. The summed E-state index contributed by atoms with van der Waals surface area (Å²) in [5, 5.41) is 4.64. The van der Waals surface area contributed by atoms with E-state index in [4.69, 9.17) is 8.83 Å². The molecule has 0 amide bonds. The van der Waals surface area contributed by atoms with Crippen molar-refractivity contribution in [2.24, 2.45) is 0 Å². The molecule has 0 saturated heterocycles. The first kappa shape index (κ1) is 15.5. The molecular weight excluding hydrogens is 344 g/mol. The number of fused-ring (bicyclic) bond motifs is 6. The summed E-state index contributed by atoms with van der Waals surface area (Å²) < 4.78 is 12.2. The highest BCUT2D eigenvalue weighted by Crippen LogP contribution is 2.36. The van der Waals surface area contributed by atoms with Crippen molar-refractivity contribution >= 4 is 43.9 Å². The van der Waals surface area contributed by atoms with Crippen molar-refractivity contribution in [2.45, 2.75) is 13.8 Å². The fraction of sp³-hybridized carbons (Fsp3) is 0.0769. The molecule has 0 bridgehead atoms. The molecule has 0 radical (unpaired) electrons. The van der Waals surface area contributed by atoms with Crippen LogP contribution in [0, 0.1) is 13.8 Å². The topological polar surface area (TPSA) is 26.3 Å². The van der Waals surface area contributed by atoms with Crippen LogP contribution in [0.1, 0.15) is 11.1 Å². The molecule has 0 fully saturated rings. The van der Waals surface area contributed by atoms with E-state index >= 15 is 0 Å². The van der Waals surface area contributed by atoms with Crippen LogP contribution in [0.15, 0.2) is 81.6 Å². The maximum Gasteiger partial charge on any atom is 0.138 e. The van der Waals surface area contributed by atoms with Gasteiger partial charge < -0.3 is 8.83 Å². The van der Waals surface area contributed by atoms with E-state index in [9.17, 15) is 0 Å². The lowest BCUT2D eigenvalue weighted by Gasteiger charge is -2.02. The van der Waals surface area contributed by atoms with E-state index < -0.39 is 0 Å². The Hall–Kier alpha value is -3.52. The number of benzene rings is 4. The number of rotatable bonds is 1. The Morgan fingerprint density at radius 2 is 1.29 bits per heavy atom. The standard InChI is InChI=1S/C26H18O2/c1-15-6-9-19-20-10-7-18(14-25(20)27-24(19)12-15)17-8-11-23-22(13-17)21-5-3-4-16(2)26(21)28-23/h3-14H,1-2H3. The molecule has 0 aliphatic heterocycles. The molecule has 0 atom stereocenters. The molecule has 0 aliphatic carbocycles. The highest BCUT2D eigenvalue weighted by molar-refractivity contribution is 6.08. The van der Waals surface area contributed by atoms with E-state index in [0.29, 0.717) is 0 Å². The summed E-state index contributed by atoms with van der Waals surface area (Å²) in [6.07, 6.45) is 0. The highest BCUT2D eigenvalue weighted by atomic mass is 16.3. The molecule has 0 N–H and O–H groups in total. The first-order valence-corrected chi connectivity index (χ1v) is 9.52. The first-order valence-electron chi connectivity index (χ1n) is 9.52. The van der Waals surface area contributed by atoms with Crippen molar-refractivity contribution < 1.29 is 8.83 Å². The molecule has 134 valence electrons. The molecule has 6 aromatic rings. The Morgan fingerprint density at radius 1 is 0.536 bits per heavy atom. The van der Waals surface area contributed by atoms with Gasteiger partial charge in [0.05, 0.1) is 0 Å². The van der Waals surface area contributed by atoms with Crippen LogP contribution >= 0.6 is 0 Å². The molecule has 2 aromatic heterocycles. The second-order valence-electron chi connectivity index (χ2n) is 7.58. The van der Waals surface area contributed by atoms with Gasteiger partial charge in [0.2, 0.25) is 0 Å². The zero-order valence-corrected chi connectivity index (χ0v) is 15.7. The summed E-state index contributed by atoms with van der Waals surface area (Å²) >= 11 is 0. The molecule has 2 nitrogen and oxygen atoms in total. The molecule has 0 spiro atoms. The van der Waals surface area contributed by atoms with E-state index in [1.54, 1.807) is 0 Å². The third kappa shape index (κ3) is 2.15. The molecular formula is C26H18O2. The molecule has 0 aliphatic rings. The van der Waals surface area contributed by atoms with Gasteiger partial charge in [0.25, 0.3) is 0 Å². The quantitative estimate of drug-likeness (QED) is 0.299. The van der Waals surface area contributed by atoms with Crippen LogP contribution in [0.3, 0.4) is 0 Å².